The van der Waals surface area contributed by atoms with Crippen molar-refractivity contribution in [2.24, 2.45) is 0 Å². The van der Waals surface area contributed by atoms with Gasteiger partial charge in [0.1, 0.15) is 0 Å². The Labute approximate surface area is 142 Å². The molecule has 3 heterocycles. The molecule has 5 heteroatoms. The van der Waals surface area contributed by atoms with Crippen LogP contribution in [0.3, 0.4) is 0 Å². The molecule has 2 aliphatic rings. The number of aromatic nitrogens is 1. The fourth-order valence-electron chi connectivity index (χ4n) is 3.91. The summed E-state index contributed by atoms with van der Waals surface area (Å²) < 4.78 is 5.89. The molecule has 1 aromatic carbocycles. The molecule has 5 nitrogen and oxygen atoms in total. The van der Waals surface area contributed by atoms with E-state index in [2.05, 4.69) is 27.3 Å². The number of benzene rings is 1. The van der Waals surface area contributed by atoms with Gasteiger partial charge in [-0.05, 0) is 37.4 Å². The minimum atomic E-state index is 0.104. The molecule has 1 aromatic heterocycles. The van der Waals surface area contributed by atoms with Crippen LogP contribution in [0.25, 0.3) is 10.9 Å². The third kappa shape index (κ3) is 3.32. The summed E-state index contributed by atoms with van der Waals surface area (Å²) in [7, 11) is 0. The summed E-state index contributed by atoms with van der Waals surface area (Å²) >= 11 is 0. The molecule has 0 bridgehead atoms. The van der Waals surface area contributed by atoms with E-state index in [1.54, 1.807) is 0 Å². The Hall–Kier alpha value is -1.85. The number of carbonyl (C=O) groups is 1. The van der Waals surface area contributed by atoms with Crippen molar-refractivity contribution in [3.63, 3.8) is 0 Å². The lowest BCUT2D eigenvalue weighted by atomic mass is 10.1. The number of rotatable bonds is 5. The van der Waals surface area contributed by atoms with E-state index in [9.17, 15) is 4.79 Å². The second-order valence-electron chi connectivity index (χ2n) is 6.91. The maximum absolute atomic E-state index is 12.2. The van der Waals surface area contributed by atoms with Gasteiger partial charge in [0.15, 0.2) is 0 Å². The van der Waals surface area contributed by atoms with Crippen LogP contribution < -0.4 is 5.32 Å². The summed E-state index contributed by atoms with van der Waals surface area (Å²) in [5.41, 5.74) is 2.33. The SMILES string of the molecule is O=C(CCc1c[nH]c2ccccc12)NCC1CN2CCCC2CO1. The van der Waals surface area contributed by atoms with Gasteiger partial charge in [0, 0.05) is 42.7 Å². The zero-order chi connectivity index (χ0) is 16.4. The first-order valence-electron chi connectivity index (χ1n) is 8.97. The lowest BCUT2D eigenvalue weighted by molar-refractivity contribution is -0.122. The Morgan fingerprint density at radius 3 is 3.25 bits per heavy atom. The van der Waals surface area contributed by atoms with Crippen LogP contribution in [0.5, 0.6) is 0 Å². The van der Waals surface area contributed by atoms with Crippen LogP contribution >= 0.6 is 0 Å². The number of aryl methyl sites for hydroxylation is 1. The maximum atomic E-state index is 12.2. The Balaban J connectivity index is 1.24. The number of H-pyrrole nitrogens is 1. The molecule has 128 valence electrons. The summed E-state index contributed by atoms with van der Waals surface area (Å²) in [6.07, 6.45) is 5.95. The summed E-state index contributed by atoms with van der Waals surface area (Å²) in [6, 6.07) is 8.82. The van der Waals surface area contributed by atoms with Gasteiger partial charge in [-0.2, -0.15) is 0 Å². The number of ether oxygens (including phenoxy) is 1. The van der Waals surface area contributed by atoms with Crippen molar-refractivity contribution in [1.29, 1.82) is 0 Å². The van der Waals surface area contributed by atoms with Crippen molar-refractivity contribution < 1.29 is 9.53 Å². The molecule has 24 heavy (non-hydrogen) atoms. The van der Waals surface area contributed by atoms with E-state index in [4.69, 9.17) is 4.74 Å². The van der Waals surface area contributed by atoms with E-state index in [0.717, 1.165) is 25.1 Å². The van der Waals surface area contributed by atoms with Crippen LogP contribution in [-0.2, 0) is 16.0 Å². The highest BCUT2D eigenvalue weighted by atomic mass is 16.5. The minimum Gasteiger partial charge on any atom is -0.373 e. The van der Waals surface area contributed by atoms with Crippen molar-refractivity contribution in [3.8, 4) is 0 Å². The standard InChI is InChI=1S/C19H25N3O2/c23-19(8-7-14-10-20-18-6-2-1-5-17(14)18)21-11-16-12-22-9-3-4-15(22)13-24-16/h1-2,5-6,10,15-16,20H,3-4,7-9,11-13H2,(H,21,23). The van der Waals surface area contributed by atoms with Crippen molar-refractivity contribution in [2.75, 3.05) is 26.2 Å². The molecule has 2 unspecified atom stereocenters. The quantitative estimate of drug-likeness (QED) is 0.884. The molecule has 1 amide bonds. The molecule has 2 aliphatic heterocycles. The van der Waals surface area contributed by atoms with Crippen LogP contribution in [0.4, 0.5) is 0 Å². The molecule has 2 aromatic rings. The third-order valence-electron chi connectivity index (χ3n) is 5.28. The average molecular weight is 327 g/mol. The lowest BCUT2D eigenvalue weighted by Gasteiger charge is -2.35. The van der Waals surface area contributed by atoms with E-state index < -0.39 is 0 Å². The summed E-state index contributed by atoms with van der Waals surface area (Å²) in [6.45, 7) is 3.57. The van der Waals surface area contributed by atoms with Gasteiger partial charge in [-0.15, -0.1) is 0 Å². The first-order valence-corrected chi connectivity index (χ1v) is 8.97. The summed E-state index contributed by atoms with van der Waals surface area (Å²) in [5.74, 6) is 0.104. The van der Waals surface area contributed by atoms with Crippen LogP contribution in [-0.4, -0.2) is 54.2 Å². The van der Waals surface area contributed by atoms with Crippen LogP contribution in [0.2, 0.25) is 0 Å². The van der Waals surface area contributed by atoms with Gasteiger partial charge in [0.2, 0.25) is 5.91 Å². The van der Waals surface area contributed by atoms with Gasteiger partial charge in [-0.25, -0.2) is 0 Å². The van der Waals surface area contributed by atoms with Crippen molar-refractivity contribution in [2.45, 2.75) is 37.8 Å². The highest BCUT2D eigenvalue weighted by molar-refractivity contribution is 5.84. The number of carbonyl (C=O) groups excluding carboxylic acids is 1. The van der Waals surface area contributed by atoms with Crippen LogP contribution in [0, 0.1) is 0 Å². The van der Waals surface area contributed by atoms with Crippen molar-refractivity contribution >= 4 is 16.8 Å². The number of hydrogen-bond donors (Lipinski definition) is 2. The first kappa shape index (κ1) is 15.7. The first-order chi connectivity index (χ1) is 11.8. The predicted octanol–water partition coefficient (Wildman–Crippen LogP) is 2.08. The van der Waals surface area contributed by atoms with Gasteiger partial charge in [-0.3, -0.25) is 9.69 Å². The predicted molar refractivity (Wildman–Crippen MR) is 94.0 cm³/mol. The molecule has 0 radical (unpaired) electrons. The van der Waals surface area contributed by atoms with Gasteiger partial charge < -0.3 is 15.0 Å². The third-order valence-corrected chi connectivity index (χ3v) is 5.28. The van der Waals surface area contributed by atoms with Gasteiger partial charge >= 0.3 is 0 Å². The van der Waals surface area contributed by atoms with E-state index in [0.29, 0.717) is 19.0 Å². The average Bonchev–Trinajstić information content (AvgIpc) is 3.24. The molecule has 2 saturated heterocycles. The van der Waals surface area contributed by atoms with Gasteiger partial charge in [-0.1, -0.05) is 18.2 Å². The molecule has 0 spiro atoms. The largest absolute Gasteiger partial charge is 0.373 e. The van der Waals surface area contributed by atoms with Crippen LogP contribution in [0.1, 0.15) is 24.8 Å². The Morgan fingerprint density at radius 1 is 1.38 bits per heavy atom. The van der Waals surface area contributed by atoms with E-state index in [1.807, 2.05) is 18.3 Å². The van der Waals surface area contributed by atoms with Crippen molar-refractivity contribution in [3.05, 3.63) is 36.0 Å². The second-order valence-corrected chi connectivity index (χ2v) is 6.91. The molecule has 0 aliphatic carbocycles. The van der Waals surface area contributed by atoms with Gasteiger partial charge in [0.05, 0.1) is 12.7 Å². The van der Waals surface area contributed by atoms with Crippen molar-refractivity contribution in [1.82, 2.24) is 15.2 Å². The maximum Gasteiger partial charge on any atom is 0.220 e. The molecular weight excluding hydrogens is 302 g/mol. The second kappa shape index (κ2) is 6.95. The lowest BCUT2D eigenvalue weighted by Crippen LogP contribution is -2.50. The monoisotopic (exact) mass is 327 g/mol. The van der Waals surface area contributed by atoms with E-state index in [-0.39, 0.29) is 12.0 Å². The molecular formula is C19H25N3O2. The highest BCUT2D eigenvalue weighted by Crippen LogP contribution is 2.22. The fraction of sp³-hybridized carbons (Fsp3) is 0.526. The number of amides is 1. The normalized spacial score (nSPS) is 24.2. The highest BCUT2D eigenvalue weighted by Gasteiger charge is 2.32. The molecule has 2 fully saturated rings. The Kier molecular flexibility index (Phi) is 4.54. The zero-order valence-corrected chi connectivity index (χ0v) is 14.0. The minimum absolute atomic E-state index is 0.104. The number of nitrogens with one attached hydrogen (secondary N) is 2. The molecule has 2 atom stereocenters. The fourth-order valence-corrected chi connectivity index (χ4v) is 3.91. The van der Waals surface area contributed by atoms with E-state index >= 15 is 0 Å². The molecule has 0 saturated carbocycles. The van der Waals surface area contributed by atoms with E-state index in [1.165, 1.54) is 30.3 Å². The van der Waals surface area contributed by atoms with Gasteiger partial charge in [0.25, 0.3) is 0 Å². The number of para-hydroxylation sites is 1. The molecule has 4 rings (SSSR count). The zero-order valence-electron chi connectivity index (χ0n) is 14.0. The Morgan fingerprint density at radius 2 is 2.29 bits per heavy atom. The topological polar surface area (TPSA) is 57.4 Å². The summed E-state index contributed by atoms with van der Waals surface area (Å²) in [5, 5.41) is 4.25. The number of nitrogens with zero attached hydrogens (tertiary/aromatic N) is 1. The number of morpholine rings is 1. The number of fused-ring (bicyclic) bond motifs is 2. The summed E-state index contributed by atoms with van der Waals surface area (Å²) in [4.78, 5) is 17.9. The Bertz CT molecular complexity index is 711. The number of aromatic amines is 1. The number of hydrogen-bond acceptors (Lipinski definition) is 3. The smallest absolute Gasteiger partial charge is 0.220 e. The van der Waals surface area contributed by atoms with Crippen LogP contribution in [0.15, 0.2) is 30.5 Å². The molecule has 2 N–H and O–H groups in total.